The lowest BCUT2D eigenvalue weighted by atomic mass is 9.86. The van der Waals surface area contributed by atoms with E-state index < -0.39 is 5.91 Å². The summed E-state index contributed by atoms with van der Waals surface area (Å²) >= 11 is 12.9. The molecule has 42 heavy (non-hydrogen) atoms. The minimum absolute atomic E-state index is 0.0504. The number of pyridine rings is 1. The molecule has 2 aliphatic rings. The first-order valence-corrected chi connectivity index (χ1v) is 14.4. The van der Waals surface area contributed by atoms with E-state index in [1.165, 1.54) is 6.20 Å². The number of nitrogens with zero attached hydrogens (tertiary/aromatic N) is 5. The van der Waals surface area contributed by atoms with Crippen molar-refractivity contribution in [1.29, 1.82) is 0 Å². The van der Waals surface area contributed by atoms with Crippen LogP contribution in [0, 0.1) is 0 Å². The van der Waals surface area contributed by atoms with Crippen molar-refractivity contribution in [2.75, 3.05) is 33.8 Å². The maximum absolute atomic E-state index is 14.1. The van der Waals surface area contributed by atoms with Crippen LogP contribution < -0.4 is 10.5 Å². The maximum Gasteiger partial charge on any atom is 0.275 e. The average Bonchev–Trinajstić information content (AvgIpc) is 3.36. The van der Waals surface area contributed by atoms with Crippen molar-refractivity contribution in [3.63, 3.8) is 0 Å². The van der Waals surface area contributed by atoms with Crippen molar-refractivity contribution in [1.82, 2.24) is 24.6 Å². The molecule has 1 fully saturated rings. The SMILES string of the molecule is COc1cc2c(cc1-c1cncc(C(N)=O)c1)-c1c(c(C(=O)N3CCN(C)CC3C)nn1-c1cc(Cl)cc(Cl)c1)CC2. The quantitative estimate of drug-likeness (QED) is 0.347. The number of piperazine rings is 1. The van der Waals surface area contributed by atoms with Gasteiger partial charge in [0.15, 0.2) is 5.69 Å². The molecule has 4 aromatic rings. The highest BCUT2D eigenvalue weighted by atomic mass is 35.5. The summed E-state index contributed by atoms with van der Waals surface area (Å²) in [5.74, 6) is -0.0184. The molecule has 6 rings (SSSR count). The Bertz CT molecular complexity index is 1720. The first-order chi connectivity index (χ1) is 20.1. The second kappa shape index (κ2) is 11.1. The number of fused-ring (bicyclic) bond motifs is 3. The number of halogens is 2. The van der Waals surface area contributed by atoms with E-state index >= 15 is 0 Å². The Morgan fingerprint density at radius 1 is 1.00 bits per heavy atom. The number of carbonyl (C=O) groups excluding carboxylic acids is 2. The number of aromatic nitrogens is 3. The van der Waals surface area contributed by atoms with Gasteiger partial charge in [-0.15, -0.1) is 0 Å². The third-order valence-corrected chi connectivity index (χ3v) is 8.46. The topological polar surface area (TPSA) is 107 Å². The van der Waals surface area contributed by atoms with Crippen molar-refractivity contribution in [3.8, 4) is 33.8 Å². The molecule has 1 saturated heterocycles. The molecule has 0 radical (unpaired) electrons. The highest BCUT2D eigenvalue weighted by Crippen LogP contribution is 2.43. The summed E-state index contributed by atoms with van der Waals surface area (Å²) in [4.78, 5) is 34.4. The molecule has 1 aliphatic carbocycles. The summed E-state index contributed by atoms with van der Waals surface area (Å²) < 4.78 is 7.55. The predicted octanol–water partition coefficient (Wildman–Crippen LogP) is 4.89. The summed E-state index contributed by atoms with van der Waals surface area (Å²) in [7, 11) is 3.67. The van der Waals surface area contributed by atoms with Gasteiger partial charge >= 0.3 is 0 Å². The van der Waals surface area contributed by atoms with E-state index in [2.05, 4.69) is 23.9 Å². The molecule has 0 saturated carbocycles. The van der Waals surface area contributed by atoms with E-state index in [1.54, 1.807) is 42.3 Å². The van der Waals surface area contributed by atoms with Gasteiger partial charge in [-0.3, -0.25) is 14.6 Å². The zero-order chi connectivity index (χ0) is 29.7. The van der Waals surface area contributed by atoms with Crippen LogP contribution in [0.3, 0.4) is 0 Å². The van der Waals surface area contributed by atoms with Gasteiger partial charge in [-0.25, -0.2) is 4.68 Å². The van der Waals surface area contributed by atoms with Crippen molar-refractivity contribution >= 4 is 35.0 Å². The van der Waals surface area contributed by atoms with Crippen LogP contribution >= 0.6 is 23.2 Å². The molecule has 1 aliphatic heterocycles. The Hall–Kier alpha value is -3.92. The van der Waals surface area contributed by atoms with Crippen LogP contribution in [0.25, 0.3) is 28.1 Å². The highest BCUT2D eigenvalue weighted by Gasteiger charge is 2.35. The molecule has 3 heterocycles. The van der Waals surface area contributed by atoms with Gasteiger partial charge in [0.25, 0.3) is 5.91 Å². The number of methoxy groups -OCH3 is 1. The molecule has 9 nitrogen and oxygen atoms in total. The Balaban J connectivity index is 1.57. The number of aryl methyl sites for hydroxylation is 1. The summed E-state index contributed by atoms with van der Waals surface area (Å²) in [5.41, 5.74) is 11.9. The molecule has 0 spiro atoms. The first kappa shape index (κ1) is 28.2. The zero-order valence-corrected chi connectivity index (χ0v) is 25.0. The Morgan fingerprint density at radius 3 is 2.45 bits per heavy atom. The van der Waals surface area contributed by atoms with E-state index in [9.17, 15) is 9.59 Å². The normalized spacial score (nSPS) is 16.6. The van der Waals surface area contributed by atoms with E-state index in [0.29, 0.717) is 57.7 Å². The van der Waals surface area contributed by atoms with E-state index in [0.717, 1.165) is 41.0 Å². The van der Waals surface area contributed by atoms with E-state index in [4.69, 9.17) is 38.8 Å². The zero-order valence-electron chi connectivity index (χ0n) is 23.5. The van der Waals surface area contributed by atoms with Crippen LogP contribution in [0.2, 0.25) is 10.0 Å². The second-order valence-corrected chi connectivity index (χ2v) is 11.7. The molecule has 2 amide bonds. The smallest absolute Gasteiger partial charge is 0.275 e. The largest absolute Gasteiger partial charge is 0.496 e. The number of likely N-dealkylation sites (N-methyl/N-ethyl adjacent to an activating group) is 1. The number of carbonyl (C=O) groups is 2. The van der Waals surface area contributed by atoms with Gasteiger partial charge in [0.05, 0.1) is 24.1 Å². The van der Waals surface area contributed by atoms with E-state index in [1.807, 2.05) is 17.0 Å². The number of rotatable bonds is 5. The Kier molecular flexibility index (Phi) is 7.43. The lowest BCUT2D eigenvalue weighted by Gasteiger charge is -2.38. The fraction of sp³-hybridized carbons (Fsp3) is 0.290. The number of ether oxygens (including phenoxy) is 1. The Labute approximate surface area is 253 Å². The lowest BCUT2D eigenvalue weighted by Crippen LogP contribution is -2.53. The second-order valence-electron chi connectivity index (χ2n) is 10.9. The third kappa shape index (κ3) is 5.02. The summed E-state index contributed by atoms with van der Waals surface area (Å²) in [5, 5.41) is 5.87. The minimum Gasteiger partial charge on any atom is -0.496 e. The van der Waals surface area contributed by atoms with Crippen LogP contribution in [0.5, 0.6) is 5.75 Å². The standard InChI is InChI=1S/C31H30Cl2N6O3/c1-17-16-37(2)6-7-38(17)31(41)28-24-5-4-18-9-27(42-3)25(19-8-20(30(34)40)15-35-14-19)13-26(18)29(24)39(36-28)23-11-21(32)10-22(33)12-23/h8-15,17H,4-7,16H2,1-3H3,(H2,34,40). The van der Waals surface area contributed by atoms with Crippen LogP contribution in [0.4, 0.5) is 0 Å². The van der Waals surface area contributed by atoms with Crippen molar-refractivity contribution in [2.24, 2.45) is 5.73 Å². The molecule has 216 valence electrons. The minimum atomic E-state index is -0.569. The van der Waals surface area contributed by atoms with Crippen molar-refractivity contribution in [3.05, 3.63) is 81.2 Å². The van der Waals surface area contributed by atoms with Crippen molar-refractivity contribution < 1.29 is 14.3 Å². The Morgan fingerprint density at radius 2 is 1.76 bits per heavy atom. The number of nitrogens with two attached hydrogens (primary N) is 1. The first-order valence-electron chi connectivity index (χ1n) is 13.7. The molecular formula is C31H30Cl2N6O3. The molecule has 1 atom stereocenters. The van der Waals surface area contributed by atoms with Gasteiger partial charge in [-0.1, -0.05) is 23.2 Å². The molecule has 11 heteroatoms. The van der Waals surface area contributed by atoms with Gasteiger partial charge in [0, 0.05) is 70.4 Å². The number of benzene rings is 2. The van der Waals surface area contributed by atoms with Crippen LogP contribution in [-0.2, 0) is 12.8 Å². The third-order valence-electron chi connectivity index (χ3n) is 8.03. The number of hydrogen-bond donors (Lipinski definition) is 1. The predicted molar refractivity (Wildman–Crippen MR) is 163 cm³/mol. The van der Waals surface area contributed by atoms with E-state index in [-0.39, 0.29) is 11.9 Å². The maximum atomic E-state index is 14.1. The molecule has 2 aromatic carbocycles. The number of hydrogen-bond acceptors (Lipinski definition) is 6. The van der Waals surface area contributed by atoms with Crippen LogP contribution in [0.15, 0.2) is 48.8 Å². The average molecular weight is 606 g/mol. The van der Waals surface area contributed by atoms with Gasteiger partial charge in [0.2, 0.25) is 5.91 Å². The fourth-order valence-corrected chi connectivity index (χ4v) is 6.50. The number of primary amides is 1. The van der Waals surface area contributed by atoms with Crippen LogP contribution in [-0.4, -0.2) is 76.2 Å². The fourth-order valence-electron chi connectivity index (χ4n) is 5.99. The molecular weight excluding hydrogens is 575 g/mol. The number of amides is 2. The van der Waals surface area contributed by atoms with Crippen LogP contribution in [0.1, 0.15) is 38.9 Å². The van der Waals surface area contributed by atoms with Gasteiger partial charge in [0.1, 0.15) is 5.75 Å². The van der Waals surface area contributed by atoms with Gasteiger partial charge < -0.3 is 20.3 Å². The lowest BCUT2D eigenvalue weighted by molar-refractivity contribution is 0.0526. The molecule has 2 N–H and O–H groups in total. The monoisotopic (exact) mass is 604 g/mol. The molecule has 0 bridgehead atoms. The van der Waals surface area contributed by atoms with Gasteiger partial charge in [-0.2, -0.15) is 5.10 Å². The summed E-state index contributed by atoms with van der Waals surface area (Å²) in [6.45, 7) is 4.29. The highest BCUT2D eigenvalue weighted by molar-refractivity contribution is 6.34. The molecule has 1 unspecified atom stereocenters. The van der Waals surface area contributed by atoms with Gasteiger partial charge in [-0.05, 0) is 68.8 Å². The molecule has 2 aromatic heterocycles. The van der Waals surface area contributed by atoms with Crippen molar-refractivity contribution in [2.45, 2.75) is 25.8 Å². The summed E-state index contributed by atoms with van der Waals surface area (Å²) in [6, 6.07) is 11.0. The summed E-state index contributed by atoms with van der Waals surface area (Å²) in [6.07, 6.45) is 4.42.